The molecule has 1 aromatic carbocycles. The third-order valence-electron chi connectivity index (χ3n) is 5.16. The highest BCUT2D eigenvalue weighted by atomic mass is 15.3. The first-order valence-electron chi connectivity index (χ1n) is 9.58. The van der Waals surface area contributed by atoms with Gasteiger partial charge in [-0.05, 0) is 43.7 Å². The molecule has 1 atom stereocenters. The minimum absolute atomic E-state index is 0.714. The third kappa shape index (κ3) is 3.66. The second-order valence-corrected chi connectivity index (χ2v) is 7.42. The Kier molecular flexibility index (Phi) is 4.78. The zero-order valence-electron chi connectivity index (χ0n) is 15.6. The summed E-state index contributed by atoms with van der Waals surface area (Å²) in [6, 6.07) is 10.5. The summed E-state index contributed by atoms with van der Waals surface area (Å²) >= 11 is 0. The minimum Gasteiger partial charge on any atom is -0.370 e. The van der Waals surface area contributed by atoms with Crippen molar-refractivity contribution in [1.29, 1.82) is 0 Å². The van der Waals surface area contributed by atoms with Crippen LogP contribution in [-0.2, 0) is 6.42 Å². The summed E-state index contributed by atoms with van der Waals surface area (Å²) in [7, 11) is 0. The lowest BCUT2D eigenvalue weighted by Crippen LogP contribution is -2.35. The number of nitrogens with zero attached hydrogens (tertiary/aromatic N) is 3. The Morgan fingerprint density at radius 2 is 2.15 bits per heavy atom. The maximum Gasteiger partial charge on any atom is 0.227 e. The van der Waals surface area contributed by atoms with Crippen LogP contribution in [0.1, 0.15) is 31.0 Å². The lowest BCUT2D eigenvalue weighted by Gasteiger charge is -2.31. The standard InChI is InChI=1S/C21H27N5/c1-15-6-5-11-26(14-15)21-24-16(2)12-20(25-21)22-10-9-17-13-23-19-8-4-3-7-18(17)19/h3-4,7-8,12-13,15,23H,5-6,9-11,14H2,1-2H3,(H,22,24,25). The Hall–Kier alpha value is -2.56. The van der Waals surface area contributed by atoms with Crippen molar-refractivity contribution in [3.8, 4) is 0 Å². The Morgan fingerprint density at radius 1 is 1.27 bits per heavy atom. The van der Waals surface area contributed by atoms with E-state index in [4.69, 9.17) is 4.98 Å². The largest absolute Gasteiger partial charge is 0.370 e. The number of anilines is 2. The third-order valence-corrected chi connectivity index (χ3v) is 5.16. The molecule has 5 heteroatoms. The van der Waals surface area contributed by atoms with Gasteiger partial charge in [0.05, 0.1) is 0 Å². The fourth-order valence-corrected chi connectivity index (χ4v) is 3.82. The monoisotopic (exact) mass is 349 g/mol. The molecule has 2 N–H and O–H groups in total. The summed E-state index contributed by atoms with van der Waals surface area (Å²) in [6.07, 6.45) is 5.60. The highest BCUT2D eigenvalue weighted by molar-refractivity contribution is 5.83. The van der Waals surface area contributed by atoms with E-state index in [-0.39, 0.29) is 0 Å². The smallest absolute Gasteiger partial charge is 0.227 e. The molecule has 0 saturated carbocycles. The van der Waals surface area contributed by atoms with Crippen LogP contribution in [-0.4, -0.2) is 34.6 Å². The number of piperidine rings is 1. The number of aromatic amines is 1. The first-order valence-corrected chi connectivity index (χ1v) is 9.58. The molecule has 0 radical (unpaired) electrons. The minimum atomic E-state index is 0.714. The Labute approximate surface area is 154 Å². The van der Waals surface area contributed by atoms with E-state index in [1.54, 1.807) is 0 Å². The number of H-pyrrole nitrogens is 1. The van der Waals surface area contributed by atoms with Crippen molar-refractivity contribution in [3.63, 3.8) is 0 Å². The Balaban J connectivity index is 1.43. The van der Waals surface area contributed by atoms with E-state index in [2.05, 4.69) is 57.6 Å². The maximum absolute atomic E-state index is 4.77. The molecule has 4 rings (SSSR count). The van der Waals surface area contributed by atoms with Gasteiger partial charge in [-0.15, -0.1) is 0 Å². The van der Waals surface area contributed by atoms with Gasteiger partial charge in [0.25, 0.3) is 0 Å². The van der Waals surface area contributed by atoms with Crippen LogP contribution in [0.3, 0.4) is 0 Å². The molecule has 0 spiro atoms. The van der Waals surface area contributed by atoms with Crippen LogP contribution in [0.15, 0.2) is 36.5 Å². The van der Waals surface area contributed by atoms with Crippen LogP contribution in [0.25, 0.3) is 10.9 Å². The Morgan fingerprint density at radius 3 is 3.04 bits per heavy atom. The highest BCUT2D eigenvalue weighted by Crippen LogP contribution is 2.22. The van der Waals surface area contributed by atoms with Crippen molar-refractivity contribution in [2.24, 2.45) is 5.92 Å². The second-order valence-electron chi connectivity index (χ2n) is 7.42. The normalized spacial score (nSPS) is 17.6. The molecule has 5 nitrogen and oxygen atoms in total. The number of nitrogens with one attached hydrogen (secondary N) is 2. The zero-order chi connectivity index (χ0) is 17.9. The molecule has 1 saturated heterocycles. The highest BCUT2D eigenvalue weighted by Gasteiger charge is 2.19. The van der Waals surface area contributed by atoms with E-state index in [1.807, 2.05) is 13.0 Å². The van der Waals surface area contributed by atoms with E-state index in [0.717, 1.165) is 43.5 Å². The molecule has 3 aromatic rings. The number of fused-ring (bicyclic) bond motifs is 1. The summed E-state index contributed by atoms with van der Waals surface area (Å²) in [4.78, 5) is 15.1. The first kappa shape index (κ1) is 16.9. The molecule has 1 aliphatic heterocycles. The molecule has 26 heavy (non-hydrogen) atoms. The van der Waals surface area contributed by atoms with Crippen molar-refractivity contribution < 1.29 is 0 Å². The van der Waals surface area contributed by atoms with E-state index in [0.29, 0.717) is 5.92 Å². The molecular formula is C21H27N5. The van der Waals surface area contributed by atoms with Crippen LogP contribution in [0.2, 0.25) is 0 Å². The number of aromatic nitrogens is 3. The summed E-state index contributed by atoms with van der Waals surface area (Å²) < 4.78 is 0. The van der Waals surface area contributed by atoms with Gasteiger partial charge in [0.15, 0.2) is 0 Å². The molecule has 0 aliphatic carbocycles. The van der Waals surface area contributed by atoms with Gasteiger partial charge in [0.1, 0.15) is 5.82 Å². The summed E-state index contributed by atoms with van der Waals surface area (Å²) in [6.45, 7) is 7.32. The maximum atomic E-state index is 4.77. The molecule has 1 unspecified atom stereocenters. The van der Waals surface area contributed by atoms with E-state index < -0.39 is 0 Å². The first-order chi connectivity index (χ1) is 12.7. The molecule has 1 fully saturated rings. The van der Waals surface area contributed by atoms with Crippen LogP contribution < -0.4 is 10.2 Å². The topological polar surface area (TPSA) is 56.8 Å². The van der Waals surface area contributed by atoms with E-state index in [9.17, 15) is 0 Å². The van der Waals surface area contributed by atoms with Crippen molar-refractivity contribution >= 4 is 22.7 Å². The fraction of sp³-hybridized carbons (Fsp3) is 0.429. The number of rotatable bonds is 5. The molecule has 0 amide bonds. The van der Waals surface area contributed by atoms with Gasteiger partial charge in [-0.25, -0.2) is 4.98 Å². The van der Waals surface area contributed by atoms with Crippen LogP contribution in [0, 0.1) is 12.8 Å². The quantitative estimate of drug-likeness (QED) is 0.726. The van der Waals surface area contributed by atoms with Gasteiger partial charge in [-0.2, -0.15) is 4.98 Å². The van der Waals surface area contributed by atoms with Crippen LogP contribution in [0.4, 0.5) is 11.8 Å². The molecule has 0 bridgehead atoms. The SMILES string of the molecule is Cc1cc(NCCc2c[nH]c3ccccc23)nc(N2CCCC(C)C2)n1. The van der Waals surface area contributed by atoms with Gasteiger partial charge < -0.3 is 15.2 Å². The van der Waals surface area contributed by atoms with Gasteiger partial charge >= 0.3 is 0 Å². The molecular weight excluding hydrogens is 322 g/mol. The predicted octanol–water partition coefficient (Wildman–Crippen LogP) is 4.16. The number of hydrogen-bond acceptors (Lipinski definition) is 4. The zero-order valence-corrected chi connectivity index (χ0v) is 15.6. The van der Waals surface area contributed by atoms with Gasteiger partial charge in [-0.3, -0.25) is 0 Å². The summed E-state index contributed by atoms with van der Waals surface area (Å²) in [5.41, 5.74) is 3.55. The van der Waals surface area contributed by atoms with Gasteiger partial charge in [-0.1, -0.05) is 25.1 Å². The van der Waals surface area contributed by atoms with Crippen molar-refractivity contribution in [3.05, 3.63) is 47.8 Å². The molecule has 136 valence electrons. The van der Waals surface area contributed by atoms with Crippen molar-refractivity contribution in [1.82, 2.24) is 15.0 Å². The number of benzene rings is 1. The predicted molar refractivity (Wildman–Crippen MR) is 108 cm³/mol. The van der Waals surface area contributed by atoms with Gasteiger partial charge in [0.2, 0.25) is 5.95 Å². The van der Waals surface area contributed by atoms with E-state index >= 15 is 0 Å². The second kappa shape index (κ2) is 7.36. The van der Waals surface area contributed by atoms with Crippen LogP contribution in [0.5, 0.6) is 0 Å². The number of para-hydroxylation sites is 1. The lowest BCUT2D eigenvalue weighted by molar-refractivity contribution is 0.442. The van der Waals surface area contributed by atoms with Crippen molar-refractivity contribution in [2.45, 2.75) is 33.1 Å². The Bertz CT molecular complexity index is 885. The summed E-state index contributed by atoms with van der Waals surface area (Å²) in [5, 5.41) is 4.79. The number of hydrogen-bond donors (Lipinski definition) is 2. The molecule has 2 aromatic heterocycles. The van der Waals surface area contributed by atoms with Gasteiger partial charge in [0, 0.05) is 48.5 Å². The number of aryl methyl sites for hydroxylation is 1. The van der Waals surface area contributed by atoms with Crippen molar-refractivity contribution in [2.75, 3.05) is 29.9 Å². The molecule has 3 heterocycles. The summed E-state index contributed by atoms with van der Waals surface area (Å²) in [5.74, 6) is 2.50. The van der Waals surface area contributed by atoms with Crippen LogP contribution >= 0.6 is 0 Å². The average Bonchev–Trinajstić information content (AvgIpc) is 3.05. The fourth-order valence-electron chi connectivity index (χ4n) is 3.82. The van der Waals surface area contributed by atoms with E-state index in [1.165, 1.54) is 29.3 Å². The lowest BCUT2D eigenvalue weighted by atomic mass is 10.0. The average molecular weight is 349 g/mol. The molecule has 1 aliphatic rings.